The minimum Gasteiger partial charge on any atom is -0.394 e. The van der Waals surface area contributed by atoms with Crippen molar-refractivity contribution in [2.24, 2.45) is 0 Å². The number of hydrogen-bond acceptors (Lipinski definition) is 5. The molecule has 0 bridgehead atoms. The van der Waals surface area contributed by atoms with Crippen molar-refractivity contribution in [1.82, 2.24) is 4.90 Å². The number of amides is 1. The van der Waals surface area contributed by atoms with Crippen molar-refractivity contribution < 1.29 is 23.5 Å². The summed E-state index contributed by atoms with van der Waals surface area (Å²) in [6.45, 7) is 7.55. The molecule has 2 atom stereocenters. The maximum atomic E-state index is 12.5. The van der Waals surface area contributed by atoms with E-state index in [0.717, 1.165) is 0 Å². The molecule has 0 saturated heterocycles. The summed E-state index contributed by atoms with van der Waals surface area (Å²) in [5, 5.41) is 9.21. The Morgan fingerprint density at radius 2 is 1.75 bits per heavy atom. The number of aliphatic hydroxyl groups is 1. The molecule has 0 aromatic carbocycles. The zero-order valence-electron chi connectivity index (χ0n) is 13.2. The predicted molar refractivity (Wildman–Crippen MR) is 78.9 cm³/mol. The van der Waals surface area contributed by atoms with Crippen LogP contribution in [-0.2, 0) is 18.4 Å². The maximum absolute atomic E-state index is 12.5. The summed E-state index contributed by atoms with van der Waals surface area (Å²) in [5.74, 6) is -0.168. The first-order valence-corrected chi connectivity index (χ1v) is 8.72. The van der Waals surface area contributed by atoms with E-state index in [-0.39, 0.29) is 38.2 Å². The van der Waals surface area contributed by atoms with E-state index in [1.807, 2.05) is 6.92 Å². The average molecular weight is 309 g/mol. The van der Waals surface area contributed by atoms with E-state index in [1.54, 1.807) is 27.8 Å². The highest BCUT2D eigenvalue weighted by atomic mass is 31.2. The van der Waals surface area contributed by atoms with Gasteiger partial charge in [-0.3, -0.25) is 9.36 Å². The van der Waals surface area contributed by atoms with Crippen LogP contribution >= 0.6 is 7.60 Å². The van der Waals surface area contributed by atoms with Crippen LogP contribution in [0.2, 0.25) is 0 Å². The zero-order chi connectivity index (χ0) is 15.8. The molecule has 0 aliphatic heterocycles. The molecule has 0 aromatic heterocycles. The van der Waals surface area contributed by atoms with Crippen LogP contribution in [0.15, 0.2) is 0 Å². The topological polar surface area (TPSA) is 76.1 Å². The second kappa shape index (κ2) is 9.50. The fourth-order valence-electron chi connectivity index (χ4n) is 1.89. The van der Waals surface area contributed by atoms with Crippen LogP contribution in [0.4, 0.5) is 0 Å². The third-order valence-corrected chi connectivity index (χ3v) is 5.75. The standard InChI is InChI=1S/C13H28NO5P/c1-6-12(10-15)14(5)13(16)9-11(4)20(17,18-7-2)19-8-3/h11-12,15H,6-10H2,1-5H3/t11-,12-/m1/s1. The lowest BCUT2D eigenvalue weighted by atomic mass is 10.2. The Bertz CT molecular complexity index is 323. The maximum Gasteiger partial charge on any atom is 0.333 e. The van der Waals surface area contributed by atoms with Crippen LogP contribution in [0.25, 0.3) is 0 Å². The summed E-state index contributed by atoms with van der Waals surface area (Å²) >= 11 is 0. The third kappa shape index (κ3) is 5.52. The van der Waals surface area contributed by atoms with Crippen molar-refractivity contribution in [3.63, 3.8) is 0 Å². The molecule has 120 valence electrons. The second-order valence-electron chi connectivity index (χ2n) is 4.68. The molecule has 0 aliphatic rings. The molecule has 0 rings (SSSR count). The van der Waals surface area contributed by atoms with Crippen LogP contribution in [0, 0.1) is 0 Å². The van der Waals surface area contributed by atoms with Gasteiger partial charge in [-0.1, -0.05) is 13.8 Å². The van der Waals surface area contributed by atoms with E-state index < -0.39 is 13.3 Å². The van der Waals surface area contributed by atoms with Gasteiger partial charge in [0.1, 0.15) is 0 Å². The number of hydrogen-bond donors (Lipinski definition) is 1. The number of carbonyl (C=O) groups is 1. The molecule has 0 saturated carbocycles. The smallest absolute Gasteiger partial charge is 0.333 e. The number of likely N-dealkylation sites (N-methyl/N-ethyl adjacent to an activating group) is 1. The van der Waals surface area contributed by atoms with Gasteiger partial charge in [-0.15, -0.1) is 0 Å². The fraction of sp³-hybridized carbons (Fsp3) is 0.923. The van der Waals surface area contributed by atoms with E-state index in [2.05, 4.69) is 0 Å². The molecule has 0 heterocycles. The quantitative estimate of drug-likeness (QED) is 0.626. The Morgan fingerprint density at radius 3 is 2.10 bits per heavy atom. The third-order valence-electron chi connectivity index (χ3n) is 3.25. The molecule has 0 radical (unpaired) electrons. The lowest BCUT2D eigenvalue weighted by molar-refractivity contribution is -0.132. The molecule has 1 amide bonds. The van der Waals surface area contributed by atoms with Gasteiger partial charge >= 0.3 is 7.60 Å². The fourth-order valence-corrected chi connectivity index (χ4v) is 3.57. The van der Waals surface area contributed by atoms with Gasteiger partial charge in [-0.05, 0) is 20.3 Å². The first-order chi connectivity index (χ1) is 9.36. The Morgan fingerprint density at radius 1 is 1.25 bits per heavy atom. The van der Waals surface area contributed by atoms with Gasteiger partial charge in [-0.2, -0.15) is 0 Å². The Balaban J connectivity index is 4.74. The monoisotopic (exact) mass is 309 g/mol. The van der Waals surface area contributed by atoms with Crippen molar-refractivity contribution in [3.05, 3.63) is 0 Å². The minimum absolute atomic E-state index is 0.0737. The number of rotatable bonds is 10. The second-order valence-corrected chi connectivity index (χ2v) is 7.16. The van der Waals surface area contributed by atoms with Gasteiger partial charge < -0.3 is 19.1 Å². The molecule has 7 heteroatoms. The normalized spacial score (nSPS) is 14.9. The van der Waals surface area contributed by atoms with Gasteiger partial charge in [0, 0.05) is 13.5 Å². The van der Waals surface area contributed by atoms with E-state index in [4.69, 9.17) is 9.05 Å². The lowest BCUT2D eigenvalue weighted by Gasteiger charge is -2.28. The van der Waals surface area contributed by atoms with Crippen molar-refractivity contribution in [1.29, 1.82) is 0 Å². The minimum atomic E-state index is -3.26. The SMILES string of the molecule is CCOP(=O)(OCC)[C@H](C)CC(=O)N(C)[C@H](CC)CO. The highest BCUT2D eigenvalue weighted by Gasteiger charge is 2.34. The highest BCUT2D eigenvalue weighted by molar-refractivity contribution is 7.54. The van der Waals surface area contributed by atoms with E-state index in [0.29, 0.717) is 6.42 Å². The zero-order valence-corrected chi connectivity index (χ0v) is 14.1. The molecule has 0 fully saturated rings. The Labute approximate surface area is 122 Å². The van der Waals surface area contributed by atoms with Crippen LogP contribution in [0.3, 0.4) is 0 Å². The first kappa shape index (κ1) is 19.6. The summed E-state index contributed by atoms with van der Waals surface area (Å²) < 4.78 is 23.0. The highest BCUT2D eigenvalue weighted by Crippen LogP contribution is 2.54. The molecule has 6 nitrogen and oxygen atoms in total. The van der Waals surface area contributed by atoms with Crippen LogP contribution in [0.1, 0.15) is 40.5 Å². The van der Waals surface area contributed by atoms with Crippen LogP contribution in [0.5, 0.6) is 0 Å². The van der Waals surface area contributed by atoms with Crippen LogP contribution < -0.4 is 0 Å². The Kier molecular flexibility index (Phi) is 9.30. The van der Waals surface area contributed by atoms with Gasteiger partial charge in [-0.25, -0.2) is 0 Å². The summed E-state index contributed by atoms with van der Waals surface area (Å²) in [4.78, 5) is 13.6. The van der Waals surface area contributed by atoms with Crippen molar-refractivity contribution >= 4 is 13.5 Å². The van der Waals surface area contributed by atoms with E-state index >= 15 is 0 Å². The molecule has 20 heavy (non-hydrogen) atoms. The summed E-state index contributed by atoms with van der Waals surface area (Å²) in [6.07, 6.45) is 0.742. The molecule has 0 aliphatic carbocycles. The van der Waals surface area contributed by atoms with Gasteiger partial charge in [0.05, 0.1) is 31.5 Å². The van der Waals surface area contributed by atoms with Crippen molar-refractivity contribution in [2.45, 2.75) is 52.2 Å². The predicted octanol–water partition coefficient (Wildman–Crippen LogP) is 2.26. The molecule has 0 aromatic rings. The molecule has 0 spiro atoms. The summed E-state index contributed by atoms with van der Waals surface area (Å²) in [5.41, 5.74) is -0.506. The summed E-state index contributed by atoms with van der Waals surface area (Å²) in [7, 11) is -1.62. The van der Waals surface area contributed by atoms with Gasteiger partial charge in [0.2, 0.25) is 5.91 Å². The van der Waals surface area contributed by atoms with Gasteiger partial charge in [0.25, 0.3) is 0 Å². The number of nitrogens with zero attached hydrogens (tertiary/aromatic N) is 1. The van der Waals surface area contributed by atoms with E-state index in [9.17, 15) is 14.5 Å². The lowest BCUT2D eigenvalue weighted by Crippen LogP contribution is -2.40. The largest absolute Gasteiger partial charge is 0.394 e. The molecular weight excluding hydrogens is 281 g/mol. The number of carbonyl (C=O) groups excluding carboxylic acids is 1. The van der Waals surface area contributed by atoms with Crippen molar-refractivity contribution in [2.75, 3.05) is 26.9 Å². The van der Waals surface area contributed by atoms with Crippen molar-refractivity contribution in [3.8, 4) is 0 Å². The average Bonchev–Trinajstić information content (AvgIpc) is 2.40. The molecule has 0 unspecified atom stereocenters. The summed E-state index contributed by atoms with van der Waals surface area (Å²) in [6, 6.07) is -0.215. The molecular formula is C13H28NO5P. The first-order valence-electron chi connectivity index (χ1n) is 7.11. The molecule has 1 N–H and O–H groups in total. The number of aliphatic hydroxyl groups excluding tert-OH is 1. The Hall–Kier alpha value is -0.420. The van der Waals surface area contributed by atoms with Crippen LogP contribution in [-0.4, -0.2) is 54.5 Å². The van der Waals surface area contributed by atoms with Gasteiger partial charge in [0.15, 0.2) is 0 Å². The van der Waals surface area contributed by atoms with E-state index in [1.165, 1.54) is 4.90 Å².